The molecule has 0 radical (unpaired) electrons. The minimum absolute atomic E-state index is 0.108. The second kappa shape index (κ2) is 14.5. The van der Waals surface area contributed by atoms with E-state index in [4.69, 9.17) is 10.5 Å². The van der Waals surface area contributed by atoms with E-state index in [2.05, 4.69) is 5.32 Å². The van der Waals surface area contributed by atoms with Crippen molar-refractivity contribution in [1.82, 2.24) is 10.2 Å². The fourth-order valence-electron chi connectivity index (χ4n) is 6.05. The van der Waals surface area contributed by atoms with Gasteiger partial charge in [-0.15, -0.1) is 0 Å². The molecule has 3 N–H and O–H groups in total. The molecule has 7 nitrogen and oxygen atoms in total. The summed E-state index contributed by atoms with van der Waals surface area (Å²) in [5, 5.41) is 2.94. The van der Waals surface area contributed by atoms with E-state index in [0.717, 1.165) is 50.9 Å². The third-order valence-corrected chi connectivity index (χ3v) is 8.69. The maximum Gasteiger partial charge on any atom is 0.251 e. The van der Waals surface area contributed by atoms with Gasteiger partial charge in [0.25, 0.3) is 5.91 Å². The molecule has 11 heteroatoms. The molecule has 2 fully saturated rings. The van der Waals surface area contributed by atoms with Crippen LogP contribution in [-0.4, -0.2) is 59.9 Å². The Bertz CT molecular complexity index is 1660. The quantitative estimate of drug-likeness (QED) is 0.254. The number of rotatable bonds is 9. The van der Waals surface area contributed by atoms with Crippen LogP contribution in [0.3, 0.4) is 0 Å². The number of nitrogens with zero attached hydrogens (tertiary/aromatic N) is 1. The van der Waals surface area contributed by atoms with Crippen LogP contribution in [0.5, 0.6) is 5.75 Å². The van der Waals surface area contributed by atoms with Crippen LogP contribution >= 0.6 is 0 Å². The number of carbonyl (C=O) groups is 3. The number of ether oxygens (including phenoxy) is 1. The van der Waals surface area contributed by atoms with Gasteiger partial charge in [0.15, 0.2) is 23.1 Å². The molecule has 47 heavy (non-hydrogen) atoms. The number of carbonyl (C=O) groups excluding carboxylic acids is 3. The number of primary amides is 1. The number of hydrogen-bond acceptors (Lipinski definition) is 5. The van der Waals surface area contributed by atoms with Crippen molar-refractivity contribution in [3.8, 4) is 5.75 Å². The zero-order valence-electron chi connectivity index (χ0n) is 26.0. The lowest BCUT2D eigenvalue weighted by atomic mass is 9.82. The van der Waals surface area contributed by atoms with Crippen molar-refractivity contribution in [1.29, 1.82) is 0 Å². The first kappa shape index (κ1) is 33.8. The Labute approximate surface area is 270 Å². The summed E-state index contributed by atoms with van der Waals surface area (Å²) in [7, 11) is 0. The molecule has 3 aliphatic rings. The van der Waals surface area contributed by atoms with Gasteiger partial charge in [-0.1, -0.05) is 18.6 Å². The summed E-state index contributed by atoms with van der Waals surface area (Å²) in [4.78, 5) is 40.5. The molecule has 2 aromatic carbocycles. The average molecular weight is 652 g/mol. The zero-order chi connectivity index (χ0) is 33.7. The third-order valence-electron chi connectivity index (χ3n) is 8.69. The Hall–Kier alpha value is -4.51. The van der Waals surface area contributed by atoms with Crippen molar-refractivity contribution in [2.45, 2.75) is 63.2 Å². The Morgan fingerprint density at radius 3 is 2.45 bits per heavy atom. The maximum absolute atomic E-state index is 14.3. The first-order chi connectivity index (χ1) is 22.4. The molecule has 1 saturated heterocycles. The van der Waals surface area contributed by atoms with E-state index in [1.807, 2.05) is 4.90 Å². The van der Waals surface area contributed by atoms with Gasteiger partial charge in [-0.05, 0) is 105 Å². The summed E-state index contributed by atoms with van der Waals surface area (Å²) in [5.74, 6) is -3.64. The minimum atomic E-state index is -2.13. The minimum Gasteiger partial charge on any atom is -0.492 e. The molecule has 248 valence electrons. The molecule has 3 unspecified atom stereocenters. The molecule has 0 aromatic heterocycles. The van der Waals surface area contributed by atoms with Crippen LogP contribution in [-0.2, 0) is 9.59 Å². The van der Waals surface area contributed by atoms with Gasteiger partial charge in [-0.25, -0.2) is 17.6 Å². The molecule has 1 aliphatic heterocycles. The number of nitrogens with two attached hydrogens (primary N) is 1. The van der Waals surface area contributed by atoms with Gasteiger partial charge >= 0.3 is 0 Å². The number of nitrogens with one attached hydrogen (secondary N) is 1. The maximum atomic E-state index is 14.3. The number of benzene rings is 2. The molecule has 0 bridgehead atoms. The lowest BCUT2D eigenvalue weighted by Crippen LogP contribution is -2.48. The van der Waals surface area contributed by atoms with Crippen molar-refractivity contribution >= 4 is 23.7 Å². The van der Waals surface area contributed by atoms with Crippen molar-refractivity contribution in [2.24, 2.45) is 5.73 Å². The molecule has 0 spiro atoms. The number of Topliss-reactive ketones (excluding diaryl/α,β-unsaturated/α-hetero) is 1. The van der Waals surface area contributed by atoms with Gasteiger partial charge in [0.1, 0.15) is 18.2 Å². The van der Waals surface area contributed by atoms with E-state index in [-0.39, 0.29) is 47.9 Å². The predicted octanol–water partition coefficient (Wildman–Crippen LogP) is 6.07. The smallest absolute Gasteiger partial charge is 0.251 e. The number of hydrogen-bond donors (Lipinski definition) is 2. The first-order valence-electron chi connectivity index (χ1n) is 15.6. The fourth-order valence-corrected chi connectivity index (χ4v) is 6.05. The van der Waals surface area contributed by atoms with E-state index in [0.29, 0.717) is 30.0 Å². The SMILES string of the molecule is CC1(F)CC=C(/C=C2\CC(NC(=O)c3ccc(OCCN4CCCCC4C(N)=O)cc3)C/C(=C\c3ccc(F)c(F)c3)C2=O)C=C1F. The monoisotopic (exact) mass is 651 g/mol. The second-order valence-electron chi connectivity index (χ2n) is 12.3. The van der Waals surface area contributed by atoms with Crippen LogP contribution in [0, 0.1) is 11.6 Å². The number of halogens is 4. The summed E-state index contributed by atoms with van der Waals surface area (Å²) in [5.41, 5.74) is 4.83. The van der Waals surface area contributed by atoms with E-state index < -0.39 is 40.9 Å². The molecule has 2 aliphatic carbocycles. The normalized spacial score (nSPS) is 25.3. The van der Waals surface area contributed by atoms with Crippen LogP contribution in [0.1, 0.15) is 61.4 Å². The summed E-state index contributed by atoms with van der Waals surface area (Å²) < 4.78 is 61.9. The average Bonchev–Trinajstić information content (AvgIpc) is 3.03. The summed E-state index contributed by atoms with van der Waals surface area (Å²) in [6, 6.07) is 8.94. The number of alkyl halides is 1. The van der Waals surface area contributed by atoms with Gasteiger partial charge < -0.3 is 15.8 Å². The number of piperidine rings is 1. The van der Waals surface area contributed by atoms with Gasteiger partial charge in [-0.3, -0.25) is 19.3 Å². The number of amides is 2. The number of ketones is 1. The van der Waals surface area contributed by atoms with Crippen LogP contribution in [0.2, 0.25) is 0 Å². The van der Waals surface area contributed by atoms with Crippen molar-refractivity contribution in [2.75, 3.05) is 19.7 Å². The first-order valence-corrected chi connectivity index (χ1v) is 15.6. The van der Waals surface area contributed by atoms with E-state index in [1.54, 1.807) is 24.3 Å². The Kier molecular flexibility index (Phi) is 10.4. The van der Waals surface area contributed by atoms with Crippen LogP contribution in [0.4, 0.5) is 17.6 Å². The topological polar surface area (TPSA) is 102 Å². The lowest BCUT2D eigenvalue weighted by molar-refractivity contribution is -0.124. The van der Waals surface area contributed by atoms with Crippen molar-refractivity contribution in [3.05, 3.63) is 106 Å². The summed E-state index contributed by atoms with van der Waals surface area (Å²) in [6.07, 6.45) is 8.15. The fraction of sp³-hybridized carbons (Fsp3) is 0.361. The highest BCUT2D eigenvalue weighted by Gasteiger charge is 2.33. The third kappa shape index (κ3) is 8.45. The van der Waals surface area contributed by atoms with Crippen LogP contribution in [0.25, 0.3) is 6.08 Å². The van der Waals surface area contributed by atoms with Gasteiger partial charge in [0.05, 0.1) is 6.04 Å². The summed E-state index contributed by atoms with van der Waals surface area (Å²) in [6.45, 7) is 2.79. The van der Waals surface area contributed by atoms with E-state index >= 15 is 0 Å². The highest BCUT2D eigenvalue weighted by atomic mass is 19.2. The van der Waals surface area contributed by atoms with Gasteiger partial charge in [-0.2, -0.15) is 0 Å². The summed E-state index contributed by atoms with van der Waals surface area (Å²) >= 11 is 0. The van der Waals surface area contributed by atoms with Crippen molar-refractivity contribution in [3.63, 3.8) is 0 Å². The van der Waals surface area contributed by atoms with Gasteiger partial charge in [0, 0.05) is 35.7 Å². The molecular weight excluding hydrogens is 614 g/mol. The predicted molar refractivity (Wildman–Crippen MR) is 170 cm³/mol. The number of likely N-dealkylation sites (tertiary alicyclic amines) is 1. The highest BCUT2D eigenvalue weighted by molar-refractivity contribution is 6.12. The van der Waals surface area contributed by atoms with E-state index in [1.165, 1.54) is 24.3 Å². The molecule has 3 atom stereocenters. The standard InChI is InChI=1S/C36H37F4N3O4/c1-36(40)12-11-23(19-32(36)39)17-26-21-27(20-25(33(26)44)16-22-5-10-29(37)30(38)18-22)42-35(46)24-6-8-28(9-7-24)47-15-14-43-13-3-2-4-31(43)34(41)45/h5-11,16-19,27,31H,2-4,12-15,20-21H2,1H3,(H2,41,45)(H,42,46)/b25-16+,26-17+. The van der Waals surface area contributed by atoms with E-state index in [9.17, 15) is 31.9 Å². The van der Waals surface area contributed by atoms with Crippen LogP contribution in [0.15, 0.2) is 83.2 Å². The number of allylic oxidation sites excluding steroid dienone is 5. The Balaban J connectivity index is 1.28. The lowest BCUT2D eigenvalue weighted by Gasteiger charge is -2.33. The van der Waals surface area contributed by atoms with Gasteiger partial charge in [0.2, 0.25) is 5.91 Å². The van der Waals surface area contributed by atoms with Crippen molar-refractivity contribution < 1.29 is 36.7 Å². The molecule has 1 heterocycles. The molecular formula is C36H37F4N3O4. The Morgan fingerprint density at radius 1 is 1.04 bits per heavy atom. The molecule has 2 aromatic rings. The highest BCUT2D eigenvalue weighted by Crippen LogP contribution is 2.35. The van der Waals surface area contributed by atoms with Crippen LogP contribution < -0.4 is 15.8 Å². The Morgan fingerprint density at radius 2 is 1.77 bits per heavy atom. The molecule has 5 rings (SSSR count). The second-order valence-corrected chi connectivity index (χ2v) is 12.3. The molecule has 2 amide bonds. The zero-order valence-corrected chi connectivity index (χ0v) is 26.0. The largest absolute Gasteiger partial charge is 0.492 e. The molecule has 1 saturated carbocycles.